The molecule has 1 fully saturated rings. The number of carbonyl (C=O) groups is 1. The van der Waals surface area contributed by atoms with Crippen LogP contribution >= 0.6 is 35.6 Å². The SMILES string of the molecule is CCOc1cc(/C=C2\SC(=S)N(CC)C2=O)ccc1OCc1cccc(Cl)c1. The molecule has 2 aromatic rings. The fourth-order valence-electron chi connectivity index (χ4n) is 2.71. The Kier molecular flexibility index (Phi) is 6.99. The van der Waals surface area contributed by atoms with E-state index in [2.05, 4.69) is 0 Å². The van der Waals surface area contributed by atoms with Gasteiger partial charge in [0.1, 0.15) is 10.9 Å². The van der Waals surface area contributed by atoms with Gasteiger partial charge in [0.2, 0.25) is 0 Å². The standard InChI is InChI=1S/C21H20ClNO3S2/c1-3-23-20(24)19(28-21(23)27)12-14-8-9-17(18(11-14)25-4-2)26-13-15-6-5-7-16(22)10-15/h5-12H,3-4,13H2,1-2H3/b19-12-. The molecule has 1 saturated heterocycles. The first-order valence-corrected chi connectivity index (χ1v) is 10.5. The van der Waals surface area contributed by atoms with Crippen LogP contribution < -0.4 is 9.47 Å². The number of hydrogen-bond donors (Lipinski definition) is 0. The summed E-state index contributed by atoms with van der Waals surface area (Å²) in [4.78, 5) is 14.6. The van der Waals surface area contributed by atoms with E-state index in [9.17, 15) is 4.79 Å². The number of amides is 1. The zero-order valence-corrected chi connectivity index (χ0v) is 18.0. The van der Waals surface area contributed by atoms with Gasteiger partial charge in [0.05, 0.1) is 11.5 Å². The Morgan fingerprint density at radius 1 is 1.14 bits per heavy atom. The minimum absolute atomic E-state index is 0.0586. The molecule has 1 amide bonds. The second kappa shape index (κ2) is 9.45. The third-order valence-corrected chi connectivity index (χ3v) is 5.65. The van der Waals surface area contributed by atoms with Gasteiger partial charge in [-0.15, -0.1) is 0 Å². The van der Waals surface area contributed by atoms with Crippen molar-refractivity contribution in [2.75, 3.05) is 13.2 Å². The molecule has 2 aromatic carbocycles. The zero-order chi connectivity index (χ0) is 20.1. The van der Waals surface area contributed by atoms with Crippen molar-refractivity contribution in [3.8, 4) is 11.5 Å². The summed E-state index contributed by atoms with van der Waals surface area (Å²) in [5, 5.41) is 0.672. The Balaban J connectivity index is 1.80. The molecule has 146 valence electrons. The van der Waals surface area contributed by atoms with Crippen molar-refractivity contribution in [1.29, 1.82) is 0 Å². The van der Waals surface area contributed by atoms with Crippen LogP contribution in [0.4, 0.5) is 0 Å². The molecule has 0 saturated carbocycles. The van der Waals surface area contributed by atoms with Crippen molar-refractivity contribution in [1.82, 2.24) is 4.90 Å². The number of nitrogens with zero attached hydrogens (tertiary/aromatic N) is 1. The number of thioether (sulfide) groups is 1. The summed E-state index contributed by atoms with van der Waals surface area (Å²) in [5.41, 5.74) is 1.83. The highest BCUT2D eigenvalue weighted by Gasteiger charge is 2.30. The van der Waals surface area contributed by atoms with Crippen LogP contribution in [0, 0.1) is 0 Å². The van der Waals surface area contributed by atoms with Crippen LogP contribution in [-0.2, 0) is 11.4 Å². The van der Waals surface area contributed by atoms with Gasteiger partial charge in [-0.1, -0.05) is 53.8 Å². The predicted octanol–water partition coefficient (Wildman–Crippen LogP) is 5.54. The van der Waals surface area contributed by atoms with Crippen LogP contribution in [0.3, 0.4) is 0 Å². The molecule has 0 bridgehead atoms. The van der Waals surface area contributed by atoms with Crippen LogP contribution in [-0.4, -0.2) is 28.3 Å². The lowest BCUT2D eigenvalue weighted by Crippen LogP contribution is -2.27. The van der Waals surface area contributed by atoms with E-state index in [1.54, 1.807) is 4.90 Å². The number of halogens is 1. The molecule has 0 spiro atoms. The van der Waals surface area contributed by atoms with Gasteiger partial charge in [0.25, 0.3) is 5.91 Å². The second-order valence-corrected chi connectivity index (χ2v) is 8.10. The fraction of sp³-hybridized carbons (Fsp3) is 0.238. The van der Waals surface area contributed by atoms with E-state index in [1.807, 2.05) is 62.4 Å². The van der Waals surface area contributed by atoms with Gasteiger partial charge in [-0.3, -0.25) is 9.69 Å². The molecule has 28 heavy (non-hydrogen) atoms. The Bertz CT molecular complexity index is 930. The van der Waals surface area contributed by atoms with Crippen molar-refractivity contribution < 1.29 is 14.3 Å². The molecule has 7 heteroatoms. The summed E-state index contributed by atoms with van der Waals surface area (Å²) in [6.07, 6.45) is 1.83. The smallest absolute Gasteiger partial charge is 0.266 e. The van der Waals surface area contributed by atoms with Crippen LogP contribution in [0.1, 0.15) is 25.0 Å². The second-order valence-electron chi connectivity index (χ2n) is 5.98. The van der Waals surface area contributed by atoms with Crippen LogP contribution in [0.2, 0.25) is 5.02 Å². The summed E-state index contributed by atoms with van der Waals surface area (Å²) in [6, 6.07) is 13.2. The zero-order valence-electron chi connectivity index (χ0n) is 15.6. The lowest BCUT2D eigenvalue weighted by atomic mass is 10.1. The van der Waals surface area contributed by atoms with Crippen LogP contribution in [0.5, 0.6) is 11.5 Å². The number of thiocarbonyl (C=S) groups is 1. The molecular weight excluding hydrogens is 414 g/mol. The van der Waals surface area contributed by atoms with Gasteiger partial charge in [-0.2, -0.15) is 0 Å². The largest absolute Gasteiger partial charge is 0.490 e. The van der Waals surface area contributed by atoms with E-state index in [0.717, 1.165) is 11.1 Å². The van der Waals surface area contributed by atoms with Crippen molar-refractivity contribution in [2.45, 2.75) is 20.5 Å². The highest BCUT2D eigenvalue weighted by Crippen LogP contribution is 2.35. The highest BCUT2D eigenvalue weighted by molar-refractivity contribution is 8.26. The van der Waals surface area contributed by atoms with Gasteiger partial charge in [-0.25, -0.2) is 0 Å². The normalized spacial score (nSPS) is 15.4. The number of carbonyl (C=O) groups excluding carboxylic acids is 1. The molecule has 1 aliphatic rings. The third kappa shape index (κ3) is 4.87. The van der Waals surface area contributed by atoms with E-state index < -0.39 is 0 Å². The minimum Gasteiger partial charge on any atom is -0.490 e. The third-order valence-electron chi connectivity index (χ3n) is 4.04. The number of benzene rings is 2. The van der Waals surface area contributed by atoms with E-state index in [-0.39, 0.29) is 5.91 Å². The maximum Gasteiger partial charge on any atom is 0.266 e. The lowest BCUT2D eigenvalue weighted by molar-refractivity contribution is -0.121. The highest BCUT2D eigenvalue weighted by atomic mass is 35.5. The topological polar surface area (TPSA) is 38.8 Å². The molecule has 1 heterocycles. The molecular formula is C21H20ClNO3S2. The minimum atomic E-state index is -0.0586. The summed E-state index contributed by atoms with van der Waals surface area (Å²) in [6.45, 7) is 5.29. The summed E-state index contributed by atoms with van der Waals surface area (Å²) in [7, 11) is 0. The number of rotatable bonds is 7. The van der Waals surface area contributed by atoms with Gasteiger partial charge >= 0.3 is 0 Å². The molecule has 0 atom stereocenters. The average Bonchev–Trinajstić information content (AvgIpc) is 2.94. The maximum absolute atomic E-state index is 12.4. The Hall–Kier alpha value is -2.02. The summed E-state index contributed by atoms with van der Waals surface area (Å²) < 4.78 is 12.2. The van der Waals surface area contributed by atoms with Crippen molar-refractivity contribution in [3.05, 3.63) is 63.5 Å². The fourth-order valence-corrected chi connectivity index (χ4v) is 4.31. The number of likely N-dealkylation sites (N-methyl/N-ethyl adjacent to an activating group) is 1. The first-order valence-electron chi connectivity index (χ1n) is 8.91. The molecule has 4 nitrogen and oxygen atoms in total. The Morgan fingerprint density at radius 3 is 2.64 bits per heavy atom. The van der Waals surface area contributed by atoms with Gasteiger partial charge in [0, 0.05) is 11.6 Å². The molecule has 1 aliphatic heterocycles. The molecule has 0 N–H and O–H groups in total. The Labute approximate surface area is 179 Å². The number of hydrogen-bond acceptors (Lipinski definition) is 5. The first-order chi connectivity index (χ1) is 13.5. The van der Waals surface area contributed by atoms with E-state index in [1.165, 1.54) is 11.8 Å². The molecule has 0 aromatic heterocycles. The van der Waals surface area contributed by atoms with E-state index in [4.69, 9.17) is 33.3 Å². The van der Waals surface area contributed by atoms with E-state index in [0.29, 0.717) is 45.5 Å². The molecule has 0 aliphatic carbocycles. The molecule has 0 radical (unpaired) electrons. The number of ether oxygens (including phenoxy) is 2. The first kappa shape index (κ1) is 20.7. The van der Waals surface area contributed by atoms with Crippen molar-refractivity contribution in [3.63, 3.8) is 0 Å². The lowest BCUT2D eigenvalue weighted by Gasteiger charge is -2.13. The van der Waals surface area contributed by atoms with Crippen molar-refractivity contribution >= 4 is 51.9 Å². The molecule has 3 rings (SSSR count). The Morgan fingerprint density at radius 2 is 1.96 bits per heavy atom. The summed E-state index contributed by atoms with van der Waals surface area (Å²) in [5.74, 6) is 1.21. The monoisotopic (exact) mass is 433 g/mol. The summed E-state index contributed by atoms with van der Waals surface area (Å²) >= 11 is 12.6. The van der Waals surface area contributed by atoms with Crippen molar-refractivity contribution in [2.24, 2.45) is 0 Å². The average molecular weight is 434 g/mol. The van der Waals surface area contributed by atoms with E-state index >= 15 is 0 Å². The molecule has 0 unspecified atom stereocenters. The van der Waals surface area contributed by atoms with Gasteiger partial charge in [-0.05, 0) is 55.3 Å². The predicted molar refractivity (Wildman–Crippen MR) is 119 cm³/mol. The van der Waals surface area contributed by atoms with Crippen LogP contribution in [0.15, 0.2) is 47.4 Å². The quantitative estimate of drug-likeness (QED) is 0.423. The van der Waals surface area contributed by atoms with Crippen LogP contribution in [0.25, 0.3) is 6.08 Å². The van der Waals surface area contributed by atoms with Gasteiger partial charge < -0.3 is 9.47 Å². The maximum atomic E-state index is 12.4. The van der Waals surface area contributed by atoms with Gasteiger partial charge in [0.15, 0.2) is 11.5 Å².